The predicted molar refractivity (Wildman–Crippen MR) is 123 cm³/mol. The third kappa shape index (κ3) is 7.73. The molecular formula is C19H37IN6O2. The molecule has 2 atom stereocenters. The summed E-state index contributed by atoms with van der Waals surface area (Å²) in [5, 5.41) is 6.77. The number of guanidine groups is 1. The number of nitrogens with two attached hydrogens (primary N) is 1. The van der Waals surface area contributed by atoms with E-state index in [-0.39, 0.29) is 53.7 Å². The van der Waals surface area contributed by atoms with Crippen LogP contribution in [0.1, 0.15) is 39.5 Å². The Balaban J connectivity index is 0.00000392. The second-order valence-corrected chi connectivity index (χ2v) is 7.96. The molecule has 0 aliphatic carbocycles. The van der Waals surface area contributed by atoms with E-state index < -0.39 is 0 Å². The van der Waals surface area contributed by atoms with Crippen LogP contribution in [0, 0.1) is 11.8 Å². The van der Waals surface area contributed by atoms with Crippen molar-refractivity contribution in [2.45, 2.75) is 45.6 Å². The van der Waals surface area contributed by atoms with Crippen molar-refractivity contribution in [3.8, 4) is 0 Å². The first-order valence-electron chi connectivity index (χ1n) is 10.2. The predicted octanol–water partition coefficient (Wildman–Crippen LogP) is 0.614. The molecule has 0 spiro atoms. The van der Waals surface area contributed by atoms with E-state index in [1.54, 1.807) is 7.05 Å². The van der Waals surface area contributed by atoms with Gasteiger partial charge < -0.3 is 26.2 Å². The Morgan fingerprint density at radius 1 is 1.21 bits per heavy atom. The van der Waals surface area contributed by atoms with Crippen LogP contribution in [-0.2, 0) is 9.59 Å². The zero-order valence-electron chi connectivity index (χ0n) is 17.4. The number of aliphatic imine (C=N–C) groups is 1. The summed E-state index contributed by atoms with van der Waals surface area (Å²) >= 11 is 0. The van der Waals surface area contributed by atoms with E-state index in [4.69, 9.17) is 5.73 Å². The number of hydrogen-bond donors (Lipinski definition) is 3. The third-order valence-electron chi connectivity index (χ3n) is 5.41. The van der Waals surface area contributed by atoms with Gasteiger partial charge in [0.1, 0.15) is 0 Å². The highest BCUT2D eigenvalue weighted by Gasteiger charge is 2.28. The van der Waals surface area contributed by atoms with Crippen LogP contribution in [0.5, 0.6) is 0 Å². The average molecular weight is 508 g/mol. The standard InChI is InChI=1S/C19H36N6O2.HI/c1-14(2)18(27)25-11-7-16(13-25)23-19(21-3)22-8-5-10-24-9-4-6-15(12-24)17(20)26;/h14-16H,4-13H2,1-3H3,(H2,20,26)(H2,21,22,23);1H. The van der Waals surface area contributed by atoms with E-state index in [1.165, 1.54) is 0 Å². The Morgan fingerprint density at radius 3 is 2.61 bits per heavy atom. The molecule has 2 heterocycles. The number of primary amides is 1. The fourth-order valence-electron chi connectivity index (χ4n) is 3.83. The maximum atomic E-state index is 12.1. The van der Waals surface area contributed by atoms with Crippen LogP contribution in [0.2, 0.25) is 0 Å². The second kappa shape index (κ2) is 12.5. The third-order valence-corrected chi connectivity index (χ3v) is 5.41. The van der Waals surface area contributed by atoms with Crippen molar-refractivity contribution in [3.63, 3.8) is 0 Å². The average Bonchev–Trinajstić information content (AvgIpc) is 3.12. The van der Waals surface area contributed by atoms with E-state index in [1.807, 2.05) is 18.7 Å². The molecular weight excluding hydrogens is 471 g/mol. The smallest absolute Gasteiger partial charge is 0.225 e. The lowest BCUT2D eigenvalue weighted by atomic mass is 9.97. The number of hydrogen-bond acceptors (Lipinski definition) is 4. The highest BCUT2D eigenvalue weighted by molar-refractivity contribution is 14.0. The van der Waals surface area contributed by atoms with Gasteiger partial charge in [0.25, 0.3) is 0 Å². The van der Waals surface area contributed by atoms with Crippen molar-refractivity contribution >= 4 is 41.8 Å². The van der Waals surface area contributed by atoms with Crippen LogP contribution >= 0.6 is 24.0 Å². The highest BCUT2D eigenvalue weighted by atomic mass is 127. The summed E-state index contributed by atoms with van der Waals surface area (Å²) < 4.78 is 0. The van der Waals surface area contributed by atoms with Crippen molar-refractivity contribution in [1.29, 1.82) is 0 Å². The van der Waals surface area contributed by atoms with Crippen molar-refractivity contribution in [3.05, 3.63) is 0 Å². The summed E-state index contributed by atoms with van der Waals surface area (Å²) in [5.74, 6) is 0.875. The van der Waals surface area contributed by atoms with Gasteiger partial charge in [-0.2, -0.15) is 0 Å². The van der Waals surface area contributed by atoms with Crippen molar-refractivity contribution in [2.24, 2.45) is 22.6 Å². The summed E-state index contributed by atoms with van der Waals surface area (Å²) in [7, 11) is 1.77. The molecule has 2 unspecified atom stereocenters. The van der Waals surface area contributed by atoms with Crippen molar-refractivity contribution in [2.75, 3.05) is 46.3 Å². The van der Waals surface area contributed by atoms with Gasteiger partial charge in [0.05, 0.1) is 5.92 Å². The van der Waals surface area contributed by atoms with Gasteiger partial charge in [-0.05, 0) is 38.8 Å². The maximum Gasteiger partial charge on any atom is 0.225 e. The van der Waals surface area contributed by atoms with Crippen molar-refractivity contribution < 1.29 is 9.59 Å². The quantitative estimate of drug-likeness (QED) is 0.203. The number of carbonyl (C=O) groups is 2. The van der Waals surface area contributed by atoms with Gasteiger partial charge >= 0.3 is 0 Å². The highest BCUT2D eigenvalue weighted by Crippen LogP contribution is 2.16. The monoisotopic (exact) mass is 508 g/mol. The van der Waals surface area contributed by atoms with Crippen LogP contribution in [-0.4, -0.2) is 79.9 Å². The van der Waals surface area contributed by atoms with E-state index in [2.05, 4.69) is 20.5 Å². The maximum absolute atomic E-state index is 12.1. The Hall–Kier alpha value is -1.10. The van der Waals surface area contributed by atoms with Crippen LogP contribution in [0.15, 0.2) is 4.99 Å². The molecule has 2 aliphatic heterocycles. The number of piperidine rings is 1. The van der Waals surface area contributed by atoms with E-state index in [0.717, 1.165) is 70.9 Å². The Morgan fingerprint density at radius 2 is 1.96 bits per heavy atom. The number of carbonyl (C=O) groups excluding carboxylic acids is 2. The van der Waals surface area contributed by atoms with Crippen LogP contribution < -0.4 is 16.4 Å². The molecule has 0 saturated carbocycles. The fraction of sp³-hybridized carbons (Fsp3) is 0.842. The van der Waals surface area contributed by atoms with Gasteiger partial charge in [-0.1, -0.05) is 13.8 Å². The van der Waals surface area contributed by atoms with Gasteiger partial charge in [0.15, 0.2) is 5.96 Å². The summed E-state index contributed by atoms with van der Waals surface area (Å²) in [6, 6.07) is 0.248. The molecule has 2 amide bonds. The van der Waals surface area contributed by atoms with Crippen molar-refractivity contribution in [1.82, 2.24) is 20.4 Å². The molecule has 28 heavy (non-hydrogen) atoms. The van der Waals surface area contributed by atoms with Gasteiger partial charge in [-0.15, -0.1) is 24.0 Å². The lowest BCUT2D eigenvalue weighted by Gasteiger charge is -2.31. The van der Waals surface area contributed by atoms with E-state index in [0.29, 0.717) is 0 Å². The lowest BCUT2D eigenvalue weighted by molar-refractivity contribution is -0.133. The number of likely N-dealkylation sites (tertiary alicyclic amines) is 2. The number of nitrogens with one attached hydrogen (secondary N) is 2. The first-order chi connectivity index (χ1) is 12.9. The minimum absolute atomic E-state index is 0. The minimum Gasteiger partial charge on any atom is -0.369 e. The van der Waals surface area contributed by atoms with Crippen LogP contribution in [0.25, 0.3) is 0 Å². The fourth-order valence-corrected chi connectivity index (χ4v) is 3.83. The zero-order valence-corrected chi connectivity index (χ0v) is 19.8. The first-order valence-corrected chi connectivity index (χ1v) is 10.2. The molecule has 162 valence electrons. The number of nitrogens with zero attached hydrogens (tertiary/aromatic N) is 3. The Bertz CT molecular complexity index is 543. The minimum atomic E-state index is -0.177. The van der Waals surface area contributed by atoms with Gasteiger partial charge in [-0.3, -0.25) is 14.6 Å². The largest absolute Gasteiger partial charge is 0.369 e. The molecule has 2 fully saturated rings. The molecule has 0 radical (unpaired) electrons. The molecule has 0 aromatic heterocycles. The van der Waals surface area contributed by atoms with Gasteiger partial charge in [0, 0.05) is 45.2 Å². The molecule has 4 N–H and O–H groups in total. The normalized spacial score (nSPS) is 23.4. The topological polar surface area (TPSA) is 103 Å². The van der Waals surface area contributed by atoms with Crippen LogP contribution in [0.3, 0.4) is 0 Å². The van der Waals surface area contributed by atoms with Gasteiger partial charge in [-0.25, -0.2) is 0 Å². The molecule has 2 saturated heterocycles. The molecule has 9 heteroatoms. The molecule has 0 aromatic rings. The molecule has 0 aromatic carbocycles. The van der Waals surface area contributed by atoms with Crippen LogP contribution in [0.4, 0.5) is 0 Å². The molecule has 0 bridgehead atoms. The SMILES string of the molecule is CN=C(NCCCN1CCCC(C(N)=O)C1)NC1CCN(C(=O)C(C)C)C1.I. The summed E-state index contributed by atoms with van der Waals surface area (Å²) in [6.07, 6.45) is 3.88. The summed E-state index contributed by atoms with van der Waals surface area (Å²) in [4.78, 5) is 32.0. The second-order valence-electron chi connectivity index (χ2n) is 7.96. The number of amides is 2. The molecule has 8 nitrogen and oxygen atoms in total. The molecule has 2 aliphatic rings. The van der Waals surface area contributed by atoms with Gasteiger partial charge in [0.2, 0.25) is 11.8 Å². The first kappa shape index (κ1) is 24.9. The number of halogens is 1. The summed E-state index contributed by atoms with van der Waals surface area (Å²) in [6.45, 7) is 9.02. The zero-order chi connectivity index (χ0) is 19.8. The Labute approximate surface area is 186 Å². The summed E-state index contributed by atoms with van der Waals surface area (Å²) in [5.41, 5.74) is 5.44. The Kier molecular flexibility index (Phi) is 11.1. The van der Waals surface area contributed by atoms with E-state index >= 15 is 0 Å². The molecule has 2 rings (SSSR count). The number of rotatable bonds is 7. The van der Waals surface area contributed by atoms with E-state index in [9.17, 15) is 9.59 Å². The lowest BCUT2D eigenvalue weighted by Crippen LogP contribution is -2.46.